The lowest BCUT2D eigenvalue weighted by atomic mass is 9.70. The van der Waals surface area contributed by atoms with Crippen LogP contribution >= 0.6 is 0 Å². The Kier molecular flexibility index (Phi) is 4.48. The van der Waals surface area contributed by atoms with Crippen LogP contribution in [0.25, 0.3) is 11.2 Å². The average molecular weight is 383 g/mol. The Morgan fingerprint density at radius 3 is 2.93 bits per heavy atom. The van der Waals surface area contributed by atoms with Crippen molar-refractivity contribution in [3.05, 3.63) is 12.7 Å². The number of aromatic amines is 1. The molecule has 4 atom stereocenters. The van der Waals surface area contributed by atoms with E-state index < -0.39 is 0 Å². The maximum atomic E-state index is 12.9. The van der Waals surface area contributed by atoms with Crippen LogP contribution in [-0.4, -0.2) is 55.9 Å². The number of nitrogens with zero attached hydrogens (tertiary/aromatic N) is 5. The fourth-order valence-electron chi connectivity index (χ4n) is 5.82. The van der Waals surface area contributed by atoms with Gasteiger partial charge in [-0.15, -0.1) is 0 Å². The molecule has 7 nitrogen and oxygen atoms in total. The first-order valence-electron chi connectivity index (χ1n) is 10.8. The molecule has 0 unspecified atom stereocenters. The summed E-state index contributed by atoms with van der Waals surface area (Å²) in [5.74, 6) is 3.08. The number of carbonyl (C=O) groups excluding carboxylic acids is 1. The van der Waals surface area contributed by atoms with Gasteiger partial charge in [0.1, 0.15) is 11.8 Å². The highest BCUT2D eigenvalue weighted by Gasteiger charge is 2.49. The largest absolute Gasteiger partial charge is 0.354 e. The number of piperidine rings is 3. The third-order valence-corrected chi connectivity index (χ3v) is 7.04. The molecule has 3 aliphatic rings. The summed E-state index contributed by atoms with van der Waals surface area (Å²) in [6.07, 6.45) is 9.78. The van der Waals surface area contributed by atoms with Crippen LogP contribution in [0.2, 0.25) is 0 Å². The van der Waals surface area contributed by atoms with E-state index in [-0.39, 0.29) is 0 Å². The minimum Gasteiger partial charge on any atom is -0.354 e. The van der Waals surface area contributed by atoms with Gasteiger partial charge >= 0.3 is 0 Å². The van der Waals surface area contributed by atoms with Crippen molar-refractivity contribution in [2.45, 2.75) is 64.5 Å². The number of carbonyl (C=O) groups is 1. The molecule has 0 aromatic carbocycles. The van der Waals surface area contributed by atoms with Gasteiger partial charge in [-0.2, -0.15) is 0 Å². The summed E-state index contributed by atoms with van der Waals surface area (Å²) in [6.45, 7) is 6.49. The van der Waals surface area contributed by atoms with E-state index in [1.54, 1.807) is 12.7 Å². The Bertz CT molecular complexity index is 863. The molecule has 0 aliphatic carbocycles. The van der Waals surface area contributed by atoms with Crippen molar-refractivity contribution in [3.8, 4) is 0 Å². The van der Waals surface area contributed by atoms with Crippen LogP contribution in [0.4, 0.5) is 5.82 Å². The van der Waals surface area contributed by atoms with E-state index >= 15 is 0 Å². The second-order valence-electron chi connectivity index (χ2n) is 9.26. The molecule has 1 amide bonds. The number of imidazole rings is 1. The van der Waals surface area contributed by atoms with Gasteiger partial charge in [0.15, 0.2) is 11.5 Å². The smallest absolute Gasteiger partial charge is 0.223 e. The monoisotopic (exact) mass is 382 g/mol. The van der Waals surface area contributed by atoms with E-state index in [1.807, 2.05) is 0 Å². The molecule has 0 spiro atoms. The summed E-state index contributed by atoms with van der Waals surface area (Å²) in [6, 6.07) is 0.773. The zero-order valence-corrected chi connectivity index (χ0v) is 16.8. The Labute approximate surface area is 165 Å². The van der Waals surface area contributed by atoms with Crippen LogP contribution < -0.4 is 4.90 Å². The van der Waals surface area contributed by atoms with Crippen molar-refractivity contribution in [1.29, 1.82) is 0 Å². The summed E-state index contributed by atoms with van der Waals surface area (Å²) in [7, 11) is 0. The summed E-state index contributed by atoms with van der Waals surface area (Å²) >= 11 is 0. The number of fused-ring (bicyclic) bond motifs is 5. The predicted octanol–water partition coefficient (Wildman–Crippen LogP) is 2.99. The molecule has 7 heteroatoms. The van der Waals surface area contributed by atoms with E-state index in [0.717, 1.165) is 55.8 Å². The summed E-state index contributed by atoms with van der Waals surface area (Å²) in [5, 5.41) is 0. The summed E-state index contributed by atoms with van der Waals surface area (Å²) in [5.41, 5.74) is 1.66. The van der Waals surface area contributed by atoms with E-state index in [1.165, 1.54) is 12.8 Å². The second kappa shape index (κ2) is 7.01. The first kappa shape index (κ1) is 17.9. The molecule has 3 saturated heterocycles. The molecule has 2 bridgehead atoms. The van der Waals surface area contributed by atoms with Crippen molar-refractivity contribution >= 4 is 22.9 Å². The molecule has 150 valence electrons. The summed E-state index contributed by atoms with van der Waals surface area (Å²) in [4.78, 5) is 34.1. The SMILES string of the molecule is CC(C)CC[C@H]1[C@H]2C[C@H](CN(c3ncnc4nc[nH]c34)C2)[C@@H]2CCCC(=O)N21. The number of hydrogen-bond acceptors (Lipinski definition) is 5. The topological polar surface area (TPSA) is 78.0 Å². The lowest BCUT2D eigenvalue weighted by Crippen LogP contribution is -2.65. The second-order valence-corrected chi connectivity index (χ2v) is 9.26. The lowest BCUT2D eigenvalue weighted by molar-refractivity contribution is -0.149. The molecule has 3 aliphatic heterocycles. The molecular weight excluding hydrogens is 352 g/mol. The highest BCUT2D eigenvalue weighted by Crippen LogP contribution is 2.44. The molecule has 2 aromatic rings. The molecule has 2 aromatic heterocycles. The van der Waals surface area contributed by atoms with Gasteiger partial charge in [-0.25, -0.2) is 15.0 Å². The van der Waals surface area contributed by atoms with Crippen LogP contribution in [0, 0.1) is 17.8 Å². The lowest BCUT2D eigenvalue weighted by Gasteiger charge is -2.57. The highest BCUT2D eigenvalue weighted by molar-refractivity contribution is 5.83. The number of rotatable bonds is 4. The third-order valence-electron chi connectivity index (χ3n) is 7.04. The Morgan fingerprint density at radius 1 is 1.21 bits per heavy atom. The number of aromatic nitrogens is 4. The van der Waals surface area contributed by atoms with E-state index in [9.17, 15) is 4.79 Å². The zero-order valence-electron chi connectivity index (χ0n) is 16.8. The van der Waals surface area contributed by atoms with Gasteiger partial charge in [0, 0.05) is 31.6 Å². The van der Waals surface area contributed by atoms with Gasteiger partial charge in [0.05, 0.1) is 6.33 Å². The Hall–Kier alpha value is -2.18. The molecule has 0 radical (unpaired) electrons. The number of hydrogen-bond donors (Lipinski definition) is 1. The van der Waals surface area contributed by atoms with Crippen molar-refractivity contribution in [1.82, 2.24) is 24.8 Å². The fourth-order valence-corrected chi connectivity index (χ4v) is 5.82. The van der Waals surface area contributed by atoms with E-state index in [2.05, 4.69) is 43.6 Å². The van der Waals surface area contributed by atoms with Gasteiger partial charge in [-0.1, -0.05) is 13.8 Å². The van der Waals surface area contributed by atoms with Crippen LogP contribution in [0.15, 0.2) is 12.7 Å². The van der Waals surface area contributed by atoms with Gasteiger partial charge in [0.2, 0.25) is 5.91 Å². The maximum absolute atomic E-state index is 12.9. The first-order chi connectivity index (χ1) is 13.6. The quantitative estimate of drug-likeness (QED) is 0.879. The van der Waals surface area contributed by atoms with Crippen molar-refractivity contribution in [3.63, 3.8) is 0 Å². The van der Waals surface area contributed by atoms with Crippen molar-refractivity contribution in [2.24, 2.45) is 17.8 Å². The van der Waals surface area contributed by atoms with Crippen LogP contribution in [0.1, 0.15) is 52.4 Å². The number of nitrogens with one attached hydrogen (secondary N) is 1. The normalized spacial score (nSPS) is 30.2. The van der Waals surface area contributed by atoms with Crippen molar-refractivity contribution < 1.29 is 4.79 Å². The zero-order chi connectivity index (χ0) is 19.3. The minimum atomic E-state index is 0.373. The first-order valence-corrected chi connectivity index (χ1v) is 10.8. The molecule has 0 saturated carbocycles. The predicted molar refractivity (Wildman–Crippen MR) is 108 cm³/mol. The van der Waals surface area contributed by atoms with E-state index in [4.69, 9.17) is 0 Å². The number of H-pyrrole nitrogens is 1. The number of amides is 1. The third kappa shape index (κ3) is 2.95. The van der Waals surface area contributed by atoms with Gasteiger partial charge in [0.25, 0.3) is 0 Å². The van der Waals surface area contributed by atoms with Crippen molar-refractivity contribution in [2.75, 3.05) is 18.0 Å². The molecule has 28 heavy (non-hydrogen) atoms. The molecule has 5 rings (SSSR count). The van der Waals surface area contributed by atoms with Crippen LogP contribution in [0.3, 0.4) is 0 Å². The van der Waals surface area contributed by atoms with E-state index in [0.29, 0.717) is 35.7 Å². The standard InChI is InChI=1S/C21H30N6O/c1-13(2)6-7-17-15-8-14(16-4-3-5-18(28)27(16)17)9-26(10-15)21-19-20(23-11-22-19)24-12-25-21/h11-17H,3-10H2,1-2H3,(H,22,23,24,25)/t14-,15+,16+,17+/m1/s1. The highest BCUT2D eigenvalue weighted by atomic mass is 16.2. The van der Waals surface area contributed by atoms with Gasteiger partial charge in [-0.05, 0) is 49.9 Å². The Morgan fingerprint density at radius 2 is 2.07 bits per heavy atom. The molecular formula is C21H30N6O. The number of anilines is 1. The van der Waals surface area contributed by atoms with Gasteiger partial charge in [-0.3, -0.25) is 4.79 Å². The Balaban J connectivity index is 1.47. The molecule has 3 fully saturated rings. The summed E-state index contributed by atoms with van der Waals surface area (Å²) < 4.78 is 0. The van der Waals surface area contributed by atoms with Crippen LogP contribution in [0.5, 0.6) is 0 Å². The molecule has 1 N–H and O–H groups in total. The average Bonchev–Trinajstić information content (AvgIpc) is 3.17. The maximum Gasteiger partial charge on any atom is 0.223 e. The van der Waals surface area contributed by atoms with Gasteiger partial charge < -0.3 is 14.8 Å². The molecule has 5 heterocycles. The van der Waals surface area contributed by atoms with Crippen LogP contribution in [-0.2, 0) is 4.79 Å². The minimum absolute atomic E-state index is 0.373. The fraction of sp³-hybridized carbons (Fsp3) is 0.714.